The average molecular weight is 179 g/mol. The predicted molar refractivity (Wildman–Crippen MR) is 54.6 cm³/mol. The summed E-state index contributed by atoms with van der Waals surface area (Å²) in [5, 5.41) is 3.78. The van der Waals surface area contributed by atoms with E-state index in [1.54, 1.807) is 0 Å². The van der Waals surface area contributed by atoms with Crippen LogP contribution in [0, 0.1) is 11.3 Å². The molecule has 0 aromatic heterocycles. The van der Waals surface area contributed by atoms with Crippen LogP contribution in [0.1, 0.15) is 51.4 Å². The molecule has 2 unspecified atom stereocenters. The monoisotopic (exact) mass is 179 g/mol. The van der Waals surface area contributed by atoms with E-state index in [4.69, 9.17) is 0 Å². The Bertz CT molecular complexity index is 188. The van der Waals surface area contributed by atoms with Gasteiger partial charge in [-0.15, -0.1) is 0 Å². The molecule has 0 aromatic rings. The normalized spacial score (nSPS) is 42.5. The van der Waals surface area contributed by atoms with Crippen LogP contribution in [0.2, 0.25) is 0 Å². The maximum absolute atomic E-state index is 3.78. The lowest BCUT2D eigenvalue weighted by atomic mass is 9.70. The molecule has 13 heavy (non-hydrogen) atoms. The molecule has 1 heterocycles. The van der Waals surface area contributed by atoms with Crippen molar-refractivity contribution in [3.8, 4) is 0 Å². The van der Waals surface area contributed by atoms with Crippen LogP contribution >= 0.6 is 0 Å². The molecule has 1 spiro atoms. The van der Waals surface area contributed by atoms with Crippen LogP contribution in [0.5, 0.6) is 0 Å². The first kappa shape index (κ1) is 8.28. The first-order valence-corrected chi connectivity index (χ1v) is 6.14. The van der Waals surface area contributed by atoms with Gasteiger partial charge >= 0.3 is 0 Å². The van der Waals surface area contributed by atoms with Crippen molar-refractivity contribution in [2.45, 2.75) is 57.4 Å². The molecule has 3 aliphatic rings. The van der Waals surface area contributed by atoms with Crippen molar-refractivity contribution in [1.82, 2.24) is 5.32 Å². The van der Waals surface area contributed by atoms with Crippen molar-refractivity contribution in [3.05, 3.63) is 0 Å². The molecule has 0 radical (unpaired) electrons. The fraction of sp³-hybridized carbons (Fsp3) is 1.00. The van der Waals surface area contributed by atoms with E-state index >= 15 is 0 Å². The van der Waals surface area contributed by atoms with Gasteiger partial charge in [-0.3, -0.25) is 0 Å². The Morgan fingerprint density at radius 2 is 1.77 bits per heavy atom. The van der Waals surface area contributed by atoms with E-state index in [0.717, 1.165) is 17.4 Å². The second kappa shape index (κ2) is 2.98. The average Bonchev–Trinajstić information content (AvgIpc) is 2.73. The molecule has 3 fully saturated rings. The predicted octanol–water partition coefficient (Wildman–Crippen LogP) is 2.71. The van der Waals surface area contributed by atoms with Gasteiger partial charge in [-0.05, 0) is 50.0 Å². The van der Waals surface area contributed by atoms with Crippen LogP contribution < -0.4 is 5.32 Å². The SMILES string of the molecule is C1CCC2(CC1)CCC1CCNC12. The van der Waals surface area contributed by atoms with Crippen molar-refractivity contribution in [1.29, 1.82) is 0 Å². The maximum atomic E-state index is 3.78. The minimum absolute atomic E-state index is 0.763. The van der Waals surface area contributed by atoms with E-state index in [0.29, 0.717) is 0 Å². The van der Waals surface area contributed by atoms with Crippen LogP contribution in [0.15, 0.2) is 0 Å². The largest absolute Gasteiger partial charge is 0.313 e. The lowest BCUT2D eigenvalue weighted by Crippen LogP contribution is -2.41. The van der Waals surface area contributed by atoms with Crippen molar-refractivity contribution in [2.75, 3.05) is 6.54 Å². The van der Waals surface area contributed by atoms with E-state index in [1.807, 2.05) is 0 Å². The van der Waals surface area contributed by atoms with Crippen LogP contribution in [-0.2, 0) is 0 Å². The minimum Gasteiger partial charge on any atom is -0.313 e. The zero-order valence-electron chi connectivity index (χ0n) is 8.52. The first-order chi connectivity index (χ1) is 6.41. The molecule has 0 amide bonds. The Labute approximate surface area is 81.3 Å². The Balaban J connectivity index is 1.81. The first-order valence-electron chi connectivity index (χ1n) is 6.14. The molecule has 1 heteroatoms. The van der Waals surface area contributed by atoms with E-state index in [1.165, 1.54) is 57.9 Å². The number of rotatable bonds is 0. The molecule has 3 rings (SSSR count). The summed E-state index contributed by atoms with van der Waals surface area (Å²) in [5.74, 6) is 1.05. The highest BCUT2D eigenvalue weighted by atomic mass is 15.0. The van der Waals surface area contributed by atoms with E-state index in [-0.39, 0.29) is 0 Å². The van der Waals surface area contributed by atoms with E-state index in [9.17, 15) is 0 Å². The highest BCUT2D eigenvalue weighted by Crippen LogP contribution is 2.53. The third kappa shape index (κ3) is 1.16. The van der Waals surface area contributed by atoms with Crippen LogP contribution in [0.25, 0.3) is 0 Å². The summed E-state index contributed by atoms with van der Waals surface area (Å²) in [4.78, 5) is 0. The topological polar surface area (TPSA) is 12.0 Å². The standard InChI is InChI=1S/C12H21N/c1-2-6-12(7-3-1)8-4-10-5-9-13-11(10)12/h10-11,13H,1-9H2. The van der Waals surface area contributed by atoms with Crippen molar-refractivity contribution < 1.29 is 0 Å². The van der Waals surface area contributed by atoms with E-state index in [2.05, 4.69) is 5.32 Å². The molecule has 74 valence electrons. The van der Waals surface area contributed by atoms with Gasteiger partial charge in [0.2, 0.25) is 0 Å². The second-order valence-electron chi connectivity index (χ2n) is 5.44. The molecule has 1 saturated heterocycles. The van der Waals surface area contributed by atoms with Crippen molar-refractivity contribution in [2.24, 2.45) is 11.3 Å². The van der Waals surface area contributed by atoms with Crippen LogP contribution in [0.4, 0.5) is 0 Å². The van der Waals surface area contributed by atoms with Gasteiger partial charge in [0.25, 0.3) is 0 Å². The van der Waals surface area contributed by atoms with Gasteiger partial charge in [0, 0.05) is 6.04 Å². The summed E-state index contributed by atoms with van der Waals surface area (Å²) in [6, 6.07) is 0.924. The van der Waals surface area contributed by atoms with Crippen LogP contribution in [-0.4, -0.2) is 12.6 Å². The smallest absolute Gasteiger partial charge is 0.0152 e. The zero-order valence-corrected chi connectivity index (χ0v) is 8.52. The summed E-state index contributed by atoms with van der Waals surface area (Å²) >= 11 is 0. The Morgan fingerprint density at radius 1 is 0.923 bits per heavy atom. The summed E-state index contributed by atoms with van der Waals surface area (Å²) in [7, 11) is 0. The van der Waals surface area contributed by atoms with Gasteiger partial charge in [-0.1, -0.05) is 19.3 Å². The zero-order chi connectivity index (χ0) is 8.73. The Hall–Kier alpha value is -0.0400. The lowest BCUT2D eigenvalue weighted by molar-refractivity contribution is 0.152. The molecule has 2 saturated carbocycles. The summed E-state index contributed by atoms with van der Waals surface area (Å²) in [6.07, 6.45) is 12.1. The third-order valence-corrected chi connectivity index (χ3v) is 4.87. The quantitative estimate of drug-likeness (QED) is 0.603. The van der Waals surface area contributed by atoms with Crippen LogP contribution in [0.3, 0.4) is 0 Å². The molecule has 1 nitrogen and oxygen atoms in total. The fourth-order valence-corrected chi connectivity index (χ4v) is 4.23. The highest BCUT2D eigenvalue weighted by Gasteiger charge is 2.49. The molecule has 2 aliphatic carbocycles. The van der Waals surface area contributed by atoms with Gasteiger partial charge in [-0.25, -0.2) is 0 Å². The number of hydrogen-bond donors (Lipinski definition) is 1. The number of fused-ring (bicyclic) bond motifs is 2. The van der Waals surface area contributed by atoms with Crippen molar-refractivity contribution >= 4 is 0 Å². The highest BCUT2D eigenvalue weighted by molar-refractivity contribution is 5.04. The fourth-order valence-electron chi connectivity index (χ4n) is 4.23. The second-order valence-corrected chi connectivity index (χ2v) is 5.44. The Morgan fingerprint density at radius 3 is 2.62 bits per heavy atom. The van der Waals surface area contributed by atoms with Gasteiger partial charge in [0.15, 0.2) is 0 Å². The lowest BCUT2D eigenvalue weighted by Gasteiger charge is -2.39. The molecule has 1 N–H and O–H groups in total. The number of nitrogens with one attached hydrogen (secondary N) is 1. The summed E-state index contributed by atoms with van der Waals surface area (Å²) in [6.45, 7) is 1.30. The van der Waals surface area contributed by atoms with Gasteiger partial charge in [0.1, 0.15) is 0 Å². The summed E-state index contributed by atoms with van der Waals surface area (Å²) in [5.41, 5.74) is 0.763. The molecule has 0 bridgehead atoms. The van der Waals surface area contributed by atoms with Gasteiger partial charge in [0.05, 0.1) is 0 Å². The third-order valence-electron chi connectivity index (χ3n) is 4.87. The molecule has 2 atom stereocenters. The van der Waals surface area contributed by atoms with Crippen molar-refractivity contribution in [3.63, 3.8) is 0 Å². The minimum atomic E-state index is 0.763. The molecule has 0 aromatic carbocycles. The van der Waals surface area contributed by atoms with Gasteiger partial charge in [-0.2, -0.15) is 0 Å². The molecule has 1 aliphatic heterocycles. The summed E-state index contributed by atoms with van der Waals surface area (Å²) < 4.78 is 0. The molecular weight excluding hydrogens is 158 g/mol. The molecular formula is C12H21N. The Kier molecular flexibility index (Phi) is 1.90. The van der Waals surface area contributed by atoms with Gasteiger partial charge < -0.3 is 5.32 Å². The number of hydrogen-bond acceptors (Lipinski definition) is 1. The maximum Gasteiger partial charge on any atom is 0.0152 e. The van der Waals surface area contributed by atoms with E-state index < -0.39 is 0 Å².